The van der Waals surface area contributed by atoms with Crippen LogP contribution in [-0.2, 0) is 12.6 Å². The van der Waals surface area contributed by atoms with Crippen molar-refractivity contribution in [3.8, 4) is 0 Å². The fourth-order valence-corrected chi connectivity index (χ4v) is 2.21. The molecule has 1 aromatic heterocycles. The van der Waals surface area contributed by atoms with Crippen molar-refractivity contribution >= 4 is 23.3 Å². The van der Waals surface area contributed by atoms with E-state index < -0.39 is 11.6 Å². The molecule has 0 saturated carbocycles. The van der Waals surface area contributed by atoms with Crippen molar-refractivity contribution in [3.63, 3.8) is 0 Å². The first-order valence-corrected chi connectivity index (χ1v) is 7.18. The third-order valence-electron chi connectivity index (χ3n) is 3.36. The highest BCUT2D eigenvalue weighted by molar-refractivity contribution is 6.30. The Morgan fingerprint density at radius 1 is 1.50 bits per heavy atom. The molecule has 0 aliphatic carbocycles. The summed E-state index contributed by atoms with van der Waals surface area (Å²) in [6, 6.07) is 4.81. The van der Waals surface area contributed by atoms with Gasteiger partial charge in [-0.1, -0.05) is 11.6 Å². The van der Waals surface area contributed by atoms with E-state index in [1.54, 1.807) is 49.2 Å². The van der Waals surface area contributed by atoms with E-state index in [1.165, 1.54) is 0 Å². The number of aryl methyl sites for hydroxylation is 2. The van der Waals surface area contributed by atoms with Crippen LogP contribution in [0.5, 0.6) is 0 Å². The smallest absolute Gasteiger partial charge is 0.319 e. The Hall–Kier alpha value is -2.05. The monoisotopic (exact) mass is 322 g/mol. The molecule has 1 aromatic carbocycles. The number of amides is 2. The minimum Gasteiger partial charge on any atom is -0.383 e. The Labute approximate surface area is 134 Å². The first-order chi connectivity index (χ1) is 10.3. The van der Waals surface area contributed by atoms with Crippen LogP contribution in [0.4, 0.5) is 10.5 Å². The second-order valence-corrected chi connectivity index (χ2v) is 5.88. The molecule has 118 valence electrons. The van der Waals surface area contributed by atoms with Crippen molar-refractivity contribution in [1.29, 1.82) is 0 Å². The maximum Gasteiger partial charge on any atom is 0.319 e. The molecule has 0 aliphatic heterocycles. The third-order valence-corrected chi connectivity index (χ3v) is 3.59. The number of hydrogen-bond donors (Lipinski definition) is 3. The third kappa shape index (κ3) is 3.99. The van der Waals surface area contributed by atoms with Gasteiger partial charge in [-0.15, -0.1) is 0 Å². The summed E-state index contributed by atoms with van der Waals surface area (Å²) in [7, 11) is 1.77. The summed E-state index contributed by atoms with van der Waals surface area (Å²) in [5.74, 6) is 0. The maximum absolute atomic E-state index is 11.9. The number of aliphatic hydroxyl groups is 1. The van der Waals surface area contributed by atoms with E-state index in [9.17, 15) is 9.90 Å². The molecule has 0 spiro atoms. The molecule has 1 atom stereocenters. The van der Waals surface area contributed by atoms with Crippen molar-refractivity contribution in [2.45, 2.75) is 19.4 Å². The second-order valence-electron chi connectivity index (χ2n) is 5.44. The molecule has 0 fully saturated rings. The van der Waals surface area contributed by atoms with Crippen LogP contribution < -0.4 is 10.6 Å². The SMILES string of the molecule is Cc1cc(Cl)ccc1NC(=O)NCC(C)(O)c1cnn(C)c1. The zero-order chi connectivity index (χ0) is 16.3. The van der Waals surface area contributed by atoms with Crippen LogP contribution in [0.2, 0.25) is 5.02 Å². The minimum absolute atomic E-state index is 0.0666. The average Bonchev–Trinajstić information content (AvgIpc) is 2.87. The van der Waals surface area contributed by atoms with Crippen molar-refractivity contribution in [1.82, 2.24) is 15.1 Å². The van der Waals surface area contributed by atoms with Gasteiger partial charge < -0.3 is 15.7 Å². The molecule has 0 radical (unpaired) electrons. The Balaban J connectivity index is 1.95. The van der Waals surface area contributed by atoms with Crippen molar-refractivity contribution in [2.75, 3.05) is 11.9 Å². The van der Waals surface area contributed by atoms with Gasteiger partial charge in [-0.3, -0.25) is 4.68 Å². The van der Waals surface area contributed by atoms with Gasteiger partial charge in [0, 0.05) is 29.5 Å². The van der Waals surface area contributed by atoms with E-state index in [0.29, 0.717) is 16.3 Å². The van der Waals surface area contributed by atoms with E-state index in [1.807, 2.05) is 6.92 Å². The van der Waals surface area contributed by atoms with Gasteiger partial charge in [-0.05, 0) is 37.6 Å². The number of halogens is 1. The van der Waals surface area contributed by atoms with Crippen LogP contribution in [0.25, 0.3) is 0 Å². The molecule has 6 nitrogen and oxygen atoms in total. The average molecular weight is 323 g/mol. The van der Waals surface area contributed by atoms with Crippen LogP contribution in [-0.4, -0.2) is 27.5 Å². The zero-order valence-electron chi connectivity index (χ0n) is 12.7. The molecule has 0 saturated heterocycles. The number of nitrogens with zero attached hydrogens (tertiary/aromatic N) is 2. The van der Waals surface area contributed by atoms with Crippen LogP contribution in [0, 0.1) is 6.92 Å². The largest absolute Gasteiger partial charge is 0.383 e. The molecular formula is C15H19ClN4O2. The molecule has 1 unspecified atom stereocenters. The molecule has 0 bridgehead atoms. The van der Waals surface area contributed by atoms with Gasteiger partial charge in [-0.2, -0.15) is 5.10 Å². The quantitative estimate of drug-likeness (QED) is 0.808. The first-order valence-electron chi connectivity index (χ1n) is 6.80. The Bertz CT molecular complexity index is 682. The zero-order valence-corrected chi connectivity index (χ0v) is 13.5. The predicted molar refractivity (Wildman–Crippen MR) is 86.0 cm³/mol. The van der Waals surface area contributed by atoms with Gasteiger partial charge in [-0.25, -0.2) is 4.79 Å². The van der Waals surface area contributed by atoms with Gasteiger partial charge in [0.05, 0.1) is 12.7 Å². The van der Waals surface area contributed by atoms with Crippen molar-refractivity contribution in [2.24, 2.45) is 7.05 Å². The topological polar surface area (TPSA) is 79.2 Å². The van der Waals surface area contributed by atoms with Gasteiger partial charge in [0.1, 0.15) is 5.60 Å². The number of benzene rings is 1. The summed E-state index contributed by atoms with van der Waals surface area (Å²) >= 11 is 5.88. The molecule has 22 heavy (non-hydrogen) atoms. The molecule has 0 aliphatic rings. The van der Waals surface area contributed by atoms with E-state index in [-0.39, 0.29) is 6.54 Å². The minimum atomic E-state index is -1.19. The molecule has 1 heterocycles. The molecule has 7 heteroatoms. The Morgan fingerprint density at radius 2 is 2.23 bits per heavy atom. The standard InChI is InChI=1S/C15H19ClN4O2/c1-10-6-12(16)4-5-13(10)19-14(21)17-9-15(2,22)11-7-18-20(3)8-11/h4-8,22H,9H2,1-3H3,(H2,17,19,21). The van der Waals surface area contributed by atoms with E-state index >= 15 is 0 Å². The lowest BCUT2D eigenvalue weighted by atomic mass is 10.00. The fraction of sp³-hybridized carbons (Fsp3) is 0.333. The van der Waals surface area contributed by atoms with Crippen LogP contribution in [0.3, 0.4) is 0 Å². The van der Waals surface area contributed by atoms with Gasteiger partial charge in [0.2, 0.25) is 0 Å². The lowest BCUT2D eigenvalue weighted by molar-refractivity contribution is 0.0599. The maximum atomic E-state index is 11.9. The molecule has 2 aromatic rings. The highest BCUT2D eigenvalue weighted by Gasteiger charge is 2.25. The number of urea groups is 1. The Kier molecular flexibility index (Phi) is 4.73. The van der Waals surface area contributed by atoms with E-state index in [4.69, 9.17) is 11.6 Å². The van der Waals surface area contributed by atoms with Crippen LogP contribution in [0.15, 0.2) is 30.6 Å². The number of nitrogens with one attached hydrogen (secondary N) is 2. The van der Waals surface area contributed by atoms with Crippen molar-refractivity contribution < 1.29 is 9.90 Å². The fourth-order valence-electron chi connectivity index (χ4n) is 1.99. The highest BCUT2D eigenvalue weighted by Crippen LogP contribution is 2.20. The first kappa shape index (κ1) is 16.3. The summed E-state index contributed by atoms with van der Waals surface area (Å²) in [5, 5.41) is 20.4. The normalized spacial score (nSPS) is 13.5. The summed E-state index contributed by atoms with van der Waals surface area (Å²) in [5.41, 5.74) is 0.975. The molecule has 2 amide bonds. The van der Waals surface area contributed by atoms with Crippen LogP contribution >= 0.6 is 11.6 Å². The summed E-state index contributed by atoms with van der Waals surface area (Å²) < 4.78 is 1.60. The van der Waals surface area contributed by atoms with Gasteiger partial charge in [0.25, 0.3) is 0 Å². The number of carbonyl (C=O) groups excluding carboxylic acids is 1. The summed E-state index contributed by atoms with van der Waals surface area (Å²) in [4.78, 5) is 11.9. The summed E-state index contributed by atoms with van der Waals surface area (Å²) in [6.45, 7) is 3.54. The number of rotatable bonds is 4. The number of aromatic nitrogens is 2. The van der Waals surface area contributed by atoms with Gasteiger partial charge in [0.15, 0.2) is 0 Å². The summed E-state index contributed by atoms with van der Waals surface area (Å²) in [6.07, 6.45) is 3.28. The number of hydrogen-bond acceptors (Lipinski definition) is 3. The lowest BCUT2D eigenvalue weighted by Crippen LogP contribution is -2.40. The second kappa shape index (κ2) is 6.37. The molecule has 3 N–H and O–H groups in total. The predicted octanol–water partition coefficient (Wildman–Crippen LogP) is 2.41. The van der Waals surface area contributed by atoms with Crippen LogP contribution in [0.1, 0.15) is 18.1 Å². The molecular weight excluding hydrogens is 304 g/mol. The van der Waals surface area contributed by atoms with Gasteiger partial charge >= 0.3 is 6.03 Å². The van der Waals surface area contributed by atoms with E-state index in [2.05, 4.69) is 15.7 Å². The number of anilines is 1. The Morgan fingerprint density at radius 3 is 2.82 bits per heavy atom. The lowest BCUT2D eigenvalue weighted by Gasteiger charge is -2.22. The van der Waals surface area contributed by atoms with E-state index in [0.717, 1.165) is 5.56 Å². The van der Waals surface area contributed by atoms with Crippen molar-refractivity contribution in [3.05, 3.63) is 46.7 Å². The highest BCUT2D eigenvalue weighted by atomic mass is 35.5. The molecule has 2 rings (SSSR count). The number of carbonyl (C=O) groups is 1.